The van der Waals surface area contributed by atoms with Crippen LogP contribution in [0.25, 0.3) is 0 Å². The van der Waals surface area contributed by atoms with Crippen molar-refractivity contribution in [1.29, 1.82) is 0 Å². The minimum atomic E-state index is -0.0555. The normalized spacial score (nSPS) is 29.1. The van der Waals surface area contributed by atoms with Gasteiger partial charge in [-0.25, -0.2) is 0 Å². The van der Waals surface area contributed by atoms with Crippen LogP contribution in [0, 0.1) is 5.41 Å². The van der Waals surface area contributed by atoms with Gasteiger partial charge in [0.05, 0.1) is 18.8 Å². The first-order valence-electron chi connectivity index (χ1n) is 6.60. The lowest BCUT2D eigenvalue weighted by Crippen LogP contribution is -2.53. The van der Waals surface area contributed by atoms with Gasteiger partial charge in [-0.1, -0.05) is 0 Å². The molecule has 0 aromatic heterocycles. The maximum absolute atomic E-state index is 9.69. The van der Waals surface area contributed by atoms with Gasteiger partial charge in [0.15, 0.2) is 0 Å². The molecule has 2 saturated heterocycles. The van der Waals surface area contributed by atoms with Gasteiger partial charge in [0.2, 0.25) is 0 Å². The zero-order valence-electron chi connectivity index (χ0n) is 11.1. The van der Waals surface area contributed by atoms with Crippen LogP contribution < -0.4 is 0 Å². The number of aliphatic hydroxyl groups excluding tert-OH is 1. The molecule has 0 aliphatic carbocycles. The second-order valence-electron chi connectivity index (χ2n) is 6.09. The molecule has 0 atom stereocenters. The van der Waals surface area contributed by atoms with E-state index in [9.17, 15) is 5.11 Å². The van der Waals surface area contributed by atoms with Gasteiger partial charge in [0.25, 0.3) is 0 Å². The molecular formula is C13H25NO3. The summed E-state index contributed by atoms with van der Waals surface area (Å²) in [6.07, 6.45) is 1.95. The lowest BCUT2D eigenvalue weighted by atomic mass is 9.80. The molecule has 0 aromatic rings. The van der Waals surface area contributed by atoms with Crippen LogP contribution in [0.15, 0.2) is 0 Å². The fourth-order valence-electron chi connectivity index (χ4n) is 2.89. The number of hydrogen-bond acceptors (Lipinski definition) is 4. The Hall–Kier alpha value is -0.160. The van der Waals surface area contributed by atoms with E-state index in [2.05, 4.69) is 18.7 Å². The highest BCUT2D eigenvalue weighted by molar-refractivity contribution is 4.88. The summed E-state index contributed by atoms with van der Waals surface area (Å²) in [5.74, 6) is 0. The molecule has 17 heavy (non-hydrogen) atoms. The van der Waals surface area contributed by atoms with Crippen molar-refractivity contribution in [1.82, 2.24) is 4.90 Å². The van der Waals surface area contributed by atoms with Gasteiger partial charge >= 0.3 is 0 Å². The molecule has 100 valence electrons. The number of hydrogen-bond donors (Lipinski definition) is 1. The Labute approximate surface area is 104 Å². The smallest absolute Gasteiger partial charge is 0.0753 e. The Morgan fingerprint density at radius 1 is 1.18 bits per heavy atom. The van der Waals surface area contributed by atoms with Crippen LogP contribution in [0.5, 0.6) is 0 Å². The first-order chi connectivity index (χ1) is 8.05. The molecule has 0 amide bonds. The predicted molar refractivity (Wildman–Crippen MR) is 66.0 cm³/mol. The van der Waals surface area contributed by atoms with Crippen LogP contribution in [-0.4, -0.2) is 61.7 Å². The minimum Gasteiger partial charge on any atom is -0.396 e. The highest BCUT2D eigenvalue weighted by Crippen LogP contribution is 2.32. The maximum Gasteiger partial charge on any atom is 0.0753 e. The Bertz CT molecular complexity index is 249. The first-order valence-corrected chi connectivity index (χ1v) is 6.60. The Morgan fingerprint density at radius 2 is 1.88 bits per heavy atom. The quantitative estimate of drug-likeness (QED) is 0.799. The monoisotopic (exact) mass is 243 g/mol. The van der Waals surface area contributed by atoms with Crippen molar-refractivity contribution < 1.29 is 14.6 Å². The molecule has 2 rings (SSSR count). The van der Waals surface area contributed by atoms with Crippen LogP contribution in [0.3, 0.4) is 0 Å². The van der Waals surface area contributed by atoms with Crippen LogP contribution in [0.4, 0.5) is 0 Å². The lowest BCUT2D eigenvalue weighted by molar-refractivity contribution is -0.108. The van der Waals surface area contributed by atoms with Crippen molar-refractivity contribution in [3.63, 3.8) is 0 Å². The van der Waals surface area contributed by atoms with Crippen LogP contribution in [0.2, 0.25) is 0 Å². The molecule has 2 fully saturated rings. The van der Waals surface area contributed by atoms with E-state index < -0.39 is 0 Å². The second kappa shape index (κ2) is 5.22. The average Bonchev–Trinajstić information content (AvgIpc) is 2.29. The molecule has 4 heteroatoms. The summed E-state index contributed by atoms with van der Waals surface area (Å²) in [5, 5.41) is 9.69. The summed E-state index contributed by atoms with van der Waals surface area (Å²) in [7, 11) is 0. The summed E-state index contributed by atoms with van der Waals surface area (Å²) in [5.41, 5.74) is -0.00820. The molecule has 0 bridgehead atoms. The number of aliphatic hydroxyl groups is 1. The van der Waals surface area contributed by atoms with E-state index in [0.717, 1.165) is 52.3 Å². The zero-order valence-corrected chi connectivity index (χ0v) is 11.1. The summed E-state index contributed by atoms with van der Waals surface area (Å²) >= 11 is 0. The zero-order chi connectivity index (χ0) is 12.4. The molecular weight excluding hydrogens is 218 g/mol. The van der Waals surface area contributed by atoms with Gasteiger partial charge in [-0.05, 0) is 26.7 Å². The van der Waals surface area contributed by atoms with Gasteiger partial charge in [0, 0.05) is 38.3 Å². The maximum atomic E-state index is 9.69. The van der Waals surface area contributed by atoms with Crippen LogP contribution in [-0.2, 0) is 9.47 Å². The Balaban J connectivity index is 1.93. The van der Waals surface area contributed by atoms with Crippen molar-refractivity contribution in [2.24, 2.45) is 5.41 Å². The molecule has 2 aliphatic heterocycles. The number of rotatable bonds is 3. The molecule has 4 nitrogen and oxygen atoms in total. The summed E-state index contributed by atoms with van der Waals surface area (Å²) in [6.45, 7) is 9.81. The summed E-state index contributed by atoms with van der Waals surface area (Å²) in [4.78, 5) is 2.44. The summed E-state index contributed by atoms with van der Waals surface area (Å²) in [6, 6.07) is 0. The van der Waals surface area contributed by atoms with Crippen molar-refractivity contribution in [3.8, 4) is 0 Å². The topological polar surface area (TPSA) is 41.9 Å². The molecule has 0 aromatic carbocycles. The van der Waals surface area contributed by atoms with Crippen LogP contribution in [0.1, 0.15) is 26.7 Å². The Kier molecular flexibility index (Phi) is 4.08. The average molecular weight is 243 g/mol. The van der Waals surface area contributed by atoms with Crippen molar-refractivity contribution in [2.75, 3.05) is 46.1 Å². The SMILES string of the molecule is CC1(C)CN(CC2(CO)CCOCC2)CCO1. The molecule has 0 saturated carbocycles. The molecule has 0 unspecified atom stereocenters. The van der Waals surface area contributed by atoms with Gasteiger partial charge in [-0.3, -0.25) is 4.90 Å². The fourth-order valence-corrected chi connectivity index (χ4v) is 2.89. The van der Waals surface area contributed by atoms with E-state index in [0.29, 0.717) is 0 Å². The lowest BCUT2D eigenvalue weighted by Gasteiger charge is -2.44. The first kappa shape index (κ1) is 13.3. The number of morpholine rings is 1. The van der Waals surface area contributed by atoms with E-state index in [1.165, 1.54) is 0 Å². The van der Waals surface area contributed by atoms with Gasteiger partial charge in [-0.15, -0.1) is 0 Å². The number of ether oxygens (including phenoxy) is 2. The third-order valence-corrected chi connectivity index (χ3v) is 3.95. The molecule has 0 radical (unpaired) electrons. The van der Waals surface area contributed by atoms with Crippen molar-refractivity contribution in [2.45, 2.75) is 32.3 Å². The van der Waals surface area contributed by atoms with E-state index in [-0.39, 0.29) is 17.6 Å². The number of nitrogens with zero attached hydrogens (tertiary/aromatic N) is 1. The van der Waals surface area contributed by atoms with Crippen molar-refractivity contribution in [3.05, 3.63) is 0 Å². The standard InChI is InChI=1S/C13H25NO3/c1-12(2)9-14(5-8-17-12)10-13(11-15)3-6-16-7-4-13/h15H,3-11H2,1-2H3. The molecule has 1 N–H and O–H groups in total. The van der Waals surface area contributed by atoms with Gasteiger partial charge in [0.1, 0.15) is 0 Å². The third kappa shape index (κ3) is 3.41. The van der Waals surface area contributed by atoms with E-state index in [1.807, 2.05) is 0 Å². The predicted octanol–water partition coefficient (Wildman–Crippen LogP) is 0.886. The van der Waals surface area contributed by atoms with Crippen LogP contribution >= 0.6 is 0 Å². The largest absolute Gasteiger partial charge is 0.396 e. The fraction of sp³-hybridized carbons (Fsp3) is 1.00. The third-order valence-electron chi connectivity index (χ3n) is 3.95. The van der Waals surface area contributed by atoms with Gasteiger partial charge in [-0.2, -0.15) is 0 Å². The van der Waals surface area contributed by atoms with Gasteiger partial charge < -0.3 is 14.6 Å². The molecule has 2 aliphatic rings. The van der Waals surface area contributed by atoms with E-state index >= 15 is 0 Å². The Morgan fingerprint density at radius 3 is 2.47 bits per heavy atom. The summed E-state index contributed by atoms with van der Waals surface area (Å²) < 4.78 is 11.1. The molecule has 2 heterocycles. The minimum absolute atomic E-state index is 0.0473. The highest BCUT2D eigenvalue weighted by atomic mass is 16.5. The van der Waals surface area contributed by atoms with E-state index in [4.69, 9.17) is 9.47 Å². The second-order valence-corrected chi connectivity index (χ2v) is 6.09. The highest BCUT2D eigenvalue weighted by Gasteiger charge is 2.36. The van der Waals surface area contributed by atoms with Crippen molar-refractivity contribution >= 4 is 0 Å². The molecule has 0 spiro atoms. The van der Waals surface area contributed by atoms with E-state index in [1.54, 1.807) is 0 Å².